The van der Waals surface area contributed by atoms with Crippen molar-refractivity contribution < 1.29 is 28.0 Å². The van der Waals surface area contributed by atoms with Crippen LogP contribution in [0.3, 0.4) is 0 Å². The van der Waals surface area contributed by atoms with Crippen LogP contribution in [0.15, 0.2) is 40.2 Å². The predicted octanol–water partition coefficient (Wildman–Crippen LogP) is 5.79. The highest BCUT2D eigenvalue weighted by Gasteiger charge is 2.44. The molecule has 240 valence electrons. The Kier molecular flexibility index (Phi) is 11.1. The normalized spacial score (nSPS) is 24.3. The van der Waals surface area contributed by atoms with Gasteiger partial charge in [0.25, 0.3) is 0 Å². The number of ether oxygens (including phenoxy) is 1. The van der Waals surface area contributed by atoms with Crippen LogP contribution in [-0.4, -0.2) is 57.8 Å². The van der Waals surface area contributed by atoms with E-state index in [-0.39, 0.29) is 31.4 Å². The van der Waals surface area contributed by atoms with Gasteiger partial charge in [0.15, 0.2) is 5.82 Å². The van der Waals surface area contributed by atoms with Gasteiger partial charge in [-0.25, -0.2) is 14.4 Å². The number of aliphatic hydroxyl groups excluding tert-OH is 1. The first kappa shape index (κ1) is 33.9. The molecule has 0 radical (unpaired) electrons. The lowest BCUT2D eigenvalue weighted by molar-refractivity contribution is -0.0217. The molecule has 1 N–H and O–H groups in total. The molecular formula is C32H45N4O7P. The summed E-state index contributed by atoms with van der Waals surface area (Å²) in [5.74, 6) is 7.55. The van der Waals surface area contributed by atoms with Gasteiger partial charge in [-0.3, -0.25) is 13.6 Å². The summed E-state index contributed by atoms with van der Waals surface area (Å²) >= 11 is 0. The van der Waals surface area contributed by atoms with Crippen molar-refractivity contribution in [3.63, 3.8) is 0 Å². The Morgan fingerprint density at radius 3 is 2.61 bits per heavy atom. The number of fused-ring (bicyclic) bond motifs is 1. The Hall–Kier alpha value is -3.00. The quantitative estimate of drug-likeness (QED) is 0.108. The number of aliphatic hydroxyl groups is 1. The van der Waals surface area contributed by atoms with E-state index in [1.807, 2.05) is 32.9 Å². The molecule has 1 fully saturated rings. The second-order valence-corrected chi connectivity index (χ2v) is 14.0. The molecule has 44 heavy (non-hydrogen) atoms. The summed E-state index contributed by atoms with van der Waals surface area (Å²) in [6, 6.07) is 7.26. The zero-order valence-corrected chi connectivity index (χ0v) is 27.6. The van der Waals surface area contributed by atoms with Crippen molar-refractivity contribution >= 4 is 20.0 Å². The molecule has 1 aromatic heterocycles. The van der Waals surface area contributed by atoms with Gasteiger partial charge < -0.3 is 19.3 Å². The number of phosphoric acid groups is 1. The van der Waals surface area contributed by atoms with E-state index in [0.29, 0.717) is 29.6 Å². The highest BCUT2D eigenvalue weighted by atomic mass is 31.2. The monoisotopic (exact) mass is 628 g/mol. The fraction of sp³-hybridized carbons (Fsp3) is 0.594. The first-order chi connectivity index (χ1) is 20.8. The minimum absolute atomic E-state index is 0.0130. The first-order valence-corrected chi connectivity index (χ1v) is 16.7. The van der Waals surface area contributed by atoms with E-state index in [9.17, 15) is 14.5 Å². The highest BCUT2D eigenvalue weighted by Crippen LogP contribution is 2.60. The Morgan fingerprint density at radius 2 is 1.95 bits per heavy atom. The second-order valence-electron chi connectivity index (χ2n) is 12.5. The maximum absolute atomic E-state index is 13.3. The van der Waals surface area contributed by atoms with Gasteiger partial charge in [-0.1, -0.05) is 64.7 Å². The number of phosphoric ester groups is 1. The van der Waals surface area contributed by atoms with Crippen molar-refractivity contribution in [2.24, 2.45) is 16.8 Å². The summed E-state index contributed by atoms with van der Waals surface area (Å²) in [5, 5.41) is 10.4. The standard InChI is InChI=1S/C32H45N4O7P/c1-8-27-26(37)17-29(41-27)36-20-24(30(34-31(36)38)33-21-35(18-22(2)3)19-23(4)5)13-11-12-16-40-44(39)42-28-15-10-9-14-25(28)32(6,7)43-44/h9-10,14-15,20-23,26-27,29,37H,8,12,16-19H2,1-7H3. The predicted molar refractivity (Wildman–Crippen MR) is 169 cm³/mol. The van der Waals surface area contributed by atoms with Crippen molar-refractivity contribution in [2.75, 3.05) is 19.7 Å². The van der Waals surface area contributed by atoms with E-state index in [1.54, 1.807) is 24.7 Å². The zero-order valence-electron chi connectivity index (χ0n) is 26.7. The van der Waals surface area contributed by atoms with E-state index in [2.05, 4.69) is 54.4 Å². The summed E-state index contributed by atoms with van der Waals surface area (Å²) in [5.41, 5.74) is -0.185. The lowest BCUT2D eigenvalue weighted by Crippen LogP contribution is -2.30. The van der Waals surface area contributed by atoms with Crippen LogP contribution in [0.1, 0.15) is 85.1 Å². The van der Waals surface area contributed by atoms with Crippen LogP contribution in [-0.2, 0) is 24.0 Å². The molecule has 3 heterocycles. The molecule has 11 nitrogen and oxygen atoms in total. The van der Waals surface area contributed by atoms with Gasteiger partial charge in [-0.2, -0.15) is 4.98 Å². The van der Waals surface area contributed by atoms with Gasteiger partial charge in [-0.15, -0.1) is 0 Å². The molecule has 4 unspecified atom stereocenters. The van der Waals surface area contributed by atoms with E-state index in [0.717, 1.165) is 18.7 Å². The topological polar surface area (TPSA) is 125 Å². The number of benzene rings is 1. The first-order valence-electron chi connectivity index (χ1n) is 15.3. The number of nitrogens with zero attached hydrogens (tertiary/aromatic N) is 4. The molecule has 1 saturated heterocycles. The molecule has 2 aliphatic rings. The second kappa shape index (κ2) is 14.4. The number of hydrogen-bond donors (Lipinski definition) is 1. The van der Waals surface area contributed by atoms with Crippen LogP contribution in [0.5, 0.6) is 5.75 Å². The van der Waals surface area contributed by atoms with Crippen LogP contribution in [0.4, 0.5) is 5.82 Å². The molecule has 0 spiro atoms. The molecule has 1 aromatic carbocycles. The molecule has 2 aliphatic heterocycles. The Morgan fingerprint density at radius 1 is 1.25 bits per heavy atom. The third-order valence-corrected chi connectivity index (χ3v) is 8.78. The number of rotatable bonds is 11. The molecule has 0 amide bonds. The Labute approximate surface area is 260 Å². The number of hydrogen-bond acceptors (Lipinski definition) is 9. The molecule has 4 atom stereocenters. The van der Waals surface area contributed by atoms with Crippen LogP contribution in [0, 0.1) is 23.7 Å². The molecule has 12 heteroatoms. The molecule has 2 aromatic rings. The number of aliphatic imine (C=N–C) groups is 1. The summed E-state index contributed by atoms with van der Waals surface area (Å²) < 4.78 is 37.5. The lowest BCUT2D eigenvalue weighted by Gasteiger charge is -2.35. The minimum Gasteiger partial charge on any atom is -0.404 e. The van der Waals surface area contributed by atoms with Crippen molar-refractivity contribution in [3.05, 3.63) is 52.1 Å². The average molecular weight is 629 g/mol. The van der Waals surface area contributed by atoms with E-state index < -0.39 is 31.4 Å². The molecule has 0 bridgehead atoms. The SMILES string of the molecule is CCC1OC(n2cc(C#CCCOP3(=O)Oc4ccccc4C(C)(C)O3)c(N=CN(CC(C)C)CC(C)C)nc2=O)CC1O. The van der Waals surface area contributed by atoms with Gasteiger partial charge >= 0.3 is 13.5 Å². The summed E-state index contributed by atoms with van der Waals surface area (Å²) in [4.78, 5) is 24.0. The van der Waals surface area contributed by atoms with E-state index in [4.69, 9.17) is 18.3 Å². The lowest BCUT2D eigenvalue weighted by atomic mass is 9.98. The summed E-state index contributed by atoms with van der Waals surface area (Å²) in [6.07, 6.45) is 2.69. The van der Waals surface area contributed by atoms with Crippen molar-refractivity contribution in [3.8, 4) is 17.6 Å². The van der Waals surface area contributed by atoms with Gasteiger partial charge in [0.1, 0.15) is 17.6 Å². The Balaban J connectivity index is 1.55. The van der Waals surface area contributed by atoms with Gasteiger partial charge in [0.2, 0.25) is 0 Å². The Bertz CT molecular complexity index is 1480. The van der Waals surface area contributed by atoms with Crippen LogP contribution < -0.4 is 10.2 Å². The van der Waals surface area contributed by atoms with E-state index in [1.165, 1.54) is 4.57 Å². The van der Waals surface area contributed by atoms with Gasteiger partial charge in [0.05, 0.1) is 30.7 Å². The van der Waals surface area contributed by atoms with Gasteiger partial charge in [0, 0.05) is 37.7 Å². The van der Waals surface area contributed by atoms with Crippen LogP contribution in [0.2, 0.25) is 0 Å². The summed E-state index contributed by atoms with van der Waals surface area (Å²) in [7, 11) is -3.87. The van der Waals surface area contributed by atoms with Crippen molar-refractivity contribution in [1.82, 2.24) is 14.5 Å². The van der Waals surface area contributed by atoms with Gasteiger partial charge in [-0.05, 0) is 38.2 Å². The number of aromatic nitrogens is 2. The fourth-order valence-electron chi connectivity index (χ4n) is 5.28. The zero-order chi connectivity index (χ0) is 32.1. The molecule has 4 rings (SSSR count). The largest absolute Gasteiger partial charge is 0.530 e. The average Bonchev–Trinajstić information content (AvgIpc) is 3.31. The summed E-state index contributed by atoms with van der Waals surface area (Å²) in [6.45, 7) is 15.7. The maximum atomic E-state index is 13.3. The van der Waals surface area contributed by atoms with Crippen LogP contribution >= 0.6 is 7.82 Å². The smallest absolute Gasteiger partial charge is 0.404 e. The molecular weight excluding hydrogens is 583 g/mol. The third kappa shape index (κ3) is 8.58. The third-order valence-electron chi connectivity index (χ3n) is 7.18. The maximum Gasteiger partial charge on any atom is 0.530 e. The van der Waals surface area contributed by atoms with Crippen molar-refractivity contribution in [1.29, 1.82) is 0 Å². The van der Waals surface area contributed by atoms with Crippen LogP contribution in [0.25, 0.3) is 0 Å². The number of para-hydroxylation sites is 1. The fourth-order valence-corrected chi connectivity index (χ4v) is 6.80. The van der Waals surface area contributed by atoms with Crippen molar-refractivity contribution in [2.45, 2.75) is 91.8 Å². The highest BCUT2D eigenvalue weighted by molar-refractivity contribution is 7.49. The molecule has 0 saturated carbocycles. The van der Waals surface area contributed by atoms with E-state index >= 15 is 0 Å². The molecule has 0 aliphatic carbocycles. The minimum atomic E-state index is -3.87.